The molecule has 0 aromatic rings. The number of amides is 1. The molecular weight excluding hydrogens is 130 g/mol. The van der Waals surface area contributed by atoms with Gasteiger partial charge in [-0.1, -0.05) is 0 Å². The Morgan fingerprint density at radius 3 is 2.60 bits per heavy atom. The second-order valence-electron chi connectivity index (χ2n) is 3.14. The molecule has 1 saturated carbocycles. The number of hydrogen-bond acceptors (Lipinski definition) is 2. The summed E-state index contributed by atoms with van der Waals surface area (Å²) in [6.07, 6.45) is 2.22. The summed E-state index contributed by atoms with van der Waals surface area (Å²) in [5.41, 5.74) is 0. The molecule has 0 aromatic carbocycles. The first kappa shape index (κ1) is 6.16. The quantitative estimate of drug-likeness (QED) is 0.546. The highest BCUT2D eigenvalue weighted by molar-refractivity contribution is 5.79. The topological polar surface area (TPSA) is 40.5 Å². The van der Waals surface area contributed by atoms with E-state index in [0.29, 0.717) is 19.0 Å². The molecule has 3 heteroatoms. The Morgan fingerprint density at radius 2 is 2.20 bits per heavy atom. The van der Waals surface area contributed by atoms with E-state index < -0.39 is 6.10 Å². The van der Waals surface area contributed by atoms with Gasteiger partial charge in [0.2, 0.25) is 5.91 Å². The van der Waals surface area contributed by atoms with Gasteiger partial charge >= 0.3 is 0 Å². The van der Waals surface area contributed by atoms with Gasteiger partial charge in [0.25, 0.3) is 0 Å². The molecule has 1 heterocycles. The van der Waals surface area contributed by atoms with Crippen LogP contribution in [0.15, 0.2) is 0 Å². The molecule has 2 rings (SSSR count). The third-order valence-electron chi connectivity index (χ3n) is 2.13. The van der Waals surface area contributed by atoms with Crippen LogP contribution in [0.4, 0.5) is 0 Å². The molecule has 3 nitrogen and oxygen atoms in total. The fourth-order valence-electron chi connectivity index (χ4n) is 1.45. The Bertz CT molecular complexity index is 165. The van der Waals surface area contributed by atoms with E-state index in [1.807, 2.05) is 4.90 Å². The Balaban J connectivity index is 2.01. The fourth-order valence-corrected chi connectivity index (χ4v) is 1.45. The van der Waals surface area contributed by atoms with Crippen LogP contribution in [-0.2, 0) is 4.79 Å². The van der Waals surface area contributed by atoms with Crippen molar-refractivity contribution < 1.29 is 9.90 Å². The van der Waals surface area contributed by atoms with Gasteiger partial charge < -0.3 is 10.0 Å². The Labute approximate surface area is 59.6 Å². The Hall–Kier alpha value is -0.570. The van der Waals surface area contributed by atoms with E-state index in [2.05, 4.69) is 0 Å². The molecule has 1 N–H and O–H groups in total. The first-order valence-electron chi connectivity index (χ1n) is 3.75. The van der Waals surface area contributed by atoms with E-state index in [-0.39, 0.29) is 5.91 Å². The van der Waals surface area contributed by atoms with Crippen LogP contribution in [-0.4, -0.2) is 34.6 Å². The summed E-state index contributed by atoms with van der Waals surface area (Å²) in [5, 5.41) is 9.08. The molecule has 0 radical (unpaired) electrons. The molecule has 0 aromatic heterocycles. The van der Waals surface area contributed by atoms with Crippen molar-refractivity contribution in [2.24, 2.45) is 0 Å². The van der Waals surface area contributed by atoms with E-state index in [4.69, 9.17) is 5.11 Å². The molecule has 1 saturated heterocycles. The molecule has 1 aliphatic heterocycles. The molecular formula is C7H11NO2. The lowest BCUT2D eigenvalue weighted by Crippen LogP contribution is -2.27. The maximum Gasteiger partial charge on any atom is 0.225 e. The Kier molecular flexibility index (Phi) is 1.20. The van der Waals surface area contributed by atoms with E-state index in [1.54, 1.807) is 0 Å². The van der Waals surface area contributed by atoms with Crippen molar-refractivity contribution in [3.8, 4) is 0 Å². The highest BCUT2D eigenvalue weighted by atomic mass is 16.3. The van der Waals surface area contributed by atoms with Crippen molar-refractivity contribution in [3.05, 3.63) is 0 Å². The zero-order chi connectivity index (χ0) is 7.14. The molecule has 56 valence electrons. The maximum absolute atomic E-state index is 11.0. The van der Waals surface area contributed by atoms with Crippen LogP contribution in [0.3, 0.4) is 0 Å². The highest BCUT2D eigenvalue weighted by Crippen LogP contribution is 2.30. The largest absolute Gasteiger partial charge is 0.391 e. The number of β-amino-alcohol motifs (C(OH)–C–C–N with tert-alkyl or cyclic N) is 1. The predicted molar refractivity (Wildman–Crippen MR) is 35.4 cm³/mol. The highest BCUT2D eigenvalue weighted by Gasteiger charge is 2.38. The standard InChI is InChI=1S/C7H11NO2/c9-6-3-7(10)8(4-6)5-1-2-5/h5-6,9H,1-4H2. The van der Waals surface area contributed by atoms with E-state index >= 15 is 0 Å². The van der Waals surface area contributed by atoms with Gasteiger partial charge in [-0.2, -0.15) is 0 Å². The molecule has 1 aliphatic carbocycles. The number of nitrogens with zero attached hydrogens (tertiary/aromatic N) is 1. The predicted octanol–water partition coefficient (Wildman–Crippen LogP) is -0.258. The number of carbonyl (C=O) groups is 1. The van der Waals surface area contributed by atoms with Crippen LogP contribution in [0.2, 0.25) is 0 Å². The zero-order valence-electron chi connectivity index (χ0n) is 5.79. The molecule has 10 heavy (non-hydrogen) atoms. The number of rotatable bonds is 1. The first-order chi connectivity index (χ1) is 4.77. The van der Waals surface area contributed by atoms with Gasteiger partial charge in [-0.3, -0.25) is 4.79 Å². The Morgan fingerprint density at radius 1 is 1.50 bits per heavy atom. The lowest BCUT2D eigenvalue weighted by atomic mass is 10.3. The number of carbonyl (C=O) groups excluding carboxylic acids is 1. The molecule has 2 aliphatic rings. The first-order valence-corrected chi connectivity index (χ1v) is 3.75. The molecule has 1 atom stereocenters. The molecule has 0 bridgehead atoms. The van der Waals surface area contributed by atoms with Crippen molar-refractivity contribution in [3.63, 3.8) is 0 Å². The molecule has 1 unspecified atom stereocenters. The van der Waals surface area contributed by atoms with Crippen molar-refractivity contribution in [1.29, 1.82) is 0 Å². The van der Waals surface area contributed by atoms with Crippen LogP contribution in [0.25, 0.3) is 0 Å². The number of aliphatic hydroxyl groups is 1. The van der Waals surface area contributed by atoms with Crippen LogP contribution in [0, 0.1) is 0 Å². The number of aliphatic hydroxyl groups excluding tert-OH is 1. The molecule has 0 spiro atoms. The van der Waals surface area contributed by atoms with Crippen molar-refractivity contribution in [1.82, 2.24) is 4.90 Å². The van der Waals surface area contributed by atoms with Gasteiger partial charge in [0.15, 0.2) is 0 Å². The minimum atomic E-state index is -0.395. The van der Waals surface area contributed by atoms with E-state index in [9.17, 15) is 4.79 Å². The second kappa shape index (κ2) is 1.95. The SMILES string of the molecule is O=C1CC(O)CN1C1CC1. The summed E-state index contributed by atoms with van der Waals surface area (Å²) in [4.78, 5) is 12.8. The molecule has 1 amide bonds. The van der Waals surface area contributed by atoms with E-state index in [1.165, 1.54) is 0 Å². The third kappa shape index (κ3) is 0.904. The van der Waals surface area contributed by atoms with Gasteiger partial charge in [0, 0.05) is 12.6 Å². The van der Waals surface area contributed by atoms with Crippen molar-refractivity contribution in [2.75, 3.05) is 6.54 Å². The average molecular weight is 141 g/mol. The van der Waals surface area contributed by atoms with Gasteiger partial charge in [-0.25, -0.2) is 0 Å². The monoisotopic (exact) mass is 141 g/mol. The summed E-state index contributed by atoms with van der Waals surface area (Å²) in [6.45, 7) is 0.573. The lowest BCUT2D eigenvalue weighted by Gasteiger charge is -2.13. The summed E-state index contributed by atoms with van der Waals surface area (Å²) in [7, 11) is 0. The van der Waals surface area contributed by atoms with Crippen LogP contribution >= 0.6 is 0 Å². The summed E-state index contributed by atoms with van der Waals surface area (Å²) >= 11 is 0. The van der Waals surface area contributed by atoms with Gasteiger partial charge in [0.05, 0.1) is 12.5 Å². The van der Waals surface area contributed by atoms with Gasteiger partial charge in [0.1, 0.15) is 0 Å². The normalized spacial score (nSPS) is 33.5. The summed E-state index contributed by atoms with van der Waals surface area (Å²) in [5.74, 6) is 0.134. The van der Waals surface area contributed by atoms with Crippen LogP contribution in [0.5, 0.6) is 0 Å². The molecule has 2 fully saturated rings. The number of likely N-dealkylation sites (tertiary alicyclic amines) is 1. The maximum atomic E-state index is 11.0. The van der Waals surface area contributed by atoms with Gasteiger partial charge in [-0.05, 0) is 12.8 Å². The van der Waals surface area contributed by atoms with Crippen LogP contribution < -0.4 is 0 Å². The average Bonchev–Trinajstić information content (AvgIpc) is 2.61. The summed E-state index contributed by atoms with van der Waals surface area (Å²) < 4.78 is 0. The smallest absolute Gasteiger partial charge is 0.225 e. The zero-order valence-corrected chi connectivity index (χ0v) is 5.79. The van der Waals surface area contributed by atoms with Crippen LogP contribution in [0.1, 0.15) is 19.3 Å². The third-order valence-corrected chi connectivity index (χ3v) is 2.13. The summed E-state index contributed by atoms with van der Waals surface area (Å²) in [6, 6.07) is 0.477. The van der Waals surface area contributed by atoms with Crippen molar-refractivity contribution >= 4 is 5.91 Å². The fraction of sp³-hybridized carbons (Fsp3) is 0.857. The van der Waals surface area contributed by atoms with E-state index in [0.717, 1.165) is 12.8 Å². The van der Waals surface area contributed by atoms with Crippen molar-refractivity contribution in [2.45, 2.75) is 31.4 Å². The lowest BCUT2D eigenvalue weighted by molar-refractivity contribution is -0.128. The number of hydrogen-bond donors (Lipinski definition) is 1. The van der Waals surface area contributed by atoms with Gasteiger partial charge in [-0.15, -0.1) is 0 Å². The minimum absolute atomic E-state index is 0.134. The second-order valence-corrected chi connectivity index (χ2v) is 3.14. The minimum Gasteiger partial charge on any atom is -0.391 e.